The number of benzene rings is 1. The molecule has 3 rings (SSSR count). The number of carbonyl (C=O) groups excluding carboxylic acids is 2. The number of allylic oxidation sites excluding steroid dienone is 1. The molecule has 0 unspecified atom stereocenters. The highest BCUT2D eigenvalue weighted by atomic mass is 16.5. The average Bonchev–Trinajstić information content (AvgIpc) is 3.25. The van der Waals surface area contributed by atoms with Crippen molar-refractivity contribution < 1.29 is 29.0 Å². The van der Waals surface area contributed by atoms with Crippen molar-refractivity contribution in [2.75, 3.05) is 20.3 Å². The van der Waals surface area contributed by atoms with Crippen molar-refractivity contribution in [2.45, 2.75) is 25.9 Å². The summed E-state index contributed by atoms with van der Waals surface area (Å²) in [6, 6.07) is 6.09. The van der Waals surface area contributed by atoms with Gasteiger partial charge in [0.2, 0.25) is 0 Å². The van der Waals surface area contributed by atoms with E-state index in [1.54, 1.807) is 30.0 Å². The number of amides is 1. The van der Waals surface area contributed by atoms with Gasteiger partial charge in [0.25, 0.3) is 5.91 Å². The van der Waals surface area contributed by atoms with E-state index in [2.05, 4.69) is 0 Å². The number of hydrogen-bond donors (Lipinski definition) is 1. The normalized spacial score (nSPS) is 21.3. The largest absolute Gasteiger partial charge is 0.478 e. The molecule has 1 aromatic carbocycles. The van der Waals surface area contributed by atoms with Crippen LogP contribution in [0.1, 0.15) is 35.7 Å². The van der Waals surface area contributed by atoms with E-state index in [4.69, 9.17) is 14.6 Å². The van der Waals surface area contributed by atoms with E-state index >= 15 is 0 Å². The first-order chi connectivity index (χ1) is 12.9. The third-order valence-electron chi connectivity index (χ3n) is 4.78. The number of carboxylic acids is 1. The lowest BCUT2D eigenvalue weighted by Crippen LogP contribution is -2.33. The van der Waals surface area contributed by atoms with Crippen LogP contribution in [0.25, 0.3) is 6.08 Å². The van der Waals surface area contributed by atoms with Gasteiger partial charge in [0.05, 0.1) is 36.5 Å². The Morgan fingerprint density at radius 2 is 2.04 bits per heavy atom. The fraction of sp³-hybridized carbons (Fsp3) is 0.350. The van der Waals surface area contributed by atoms with Crippen LogP contribution in [0.15, 0.2) is 41.1 Å². The second-order valence-electron chi connectivity index (χ2n) is 6.49. The van der Waals surface area contributed by atoms with Crippen LogP contribution < -0.4 is 0 Å². The standard InChI is InChI=1S/C20H21NO6/c1-12-17(20(25)26-2)16(10-13-5-7-14(8-6-13)19(23)24)18(22)21(12)11-15-4-3-9-27-15/h5-8,10,15H,3-4,9,11H2,1-2H3,(H,23,24)/b16-10-/t15-/m0/s1. The van der Waals surface area contributed by atoms with Crippen molar-refractivity contribution in [3.05, 3.63) is 52.2 Å². The van der Waals surface area contributed by atoms with Gasteiger partial charge in [-0.25, -0.2) is 9.59 Å². The summed E-state index contributed by atoms with van der Waals surface area (Å²) in [5, 5.41) is 9.00. The quantitative estimate of drug-likeness (QED) is 0.630. The van der Waals surface area contributed by atoms with Crippen LogP contribution >= 0.6 is 0 Å². The Morgan fingerprint density at radius 3 is 2.59 bits per heavy atom. The van der Waals surface area contributed by atoms with E-state index in [0.717, 1.165) is 12.8 Å². The molecule has 1 saturated heterocycles. The van der Waals surface area contributed by atoms with Gasteiger partial charge in [0.1, 0.15) is 0 Å². The van der Waals surface area contributed by atoms with E-state index in [0.29, 0.717) is 24.4 Å². The van der Waals surface area contributed by atoms with Gasteiger partial charge in [0.15, 0.2) is 0 Å². The molecule has 2 aliphatic heterocycles. The maximum absolute atomic E-state index is 13.0. The highest BCUT2D eigenvalue weighted by molar-refractivity contribution is 6.16. The van der Waals surface area contributed by atoms with Crippen LogP contribution in [0.2, 0.25) is 0 Å². The predicted octanol–water partition coefficient (Wildman–Crippen LogP) is 2.24. The lowest BCUT2D eigenvalue weighted by atomic mass is 10.0. The molecule has 0 spiro atoms. The Bertz CT molecular complexity index is 831. The van der Waals surface area contributed by atoms with E-state index in [-0.39, 0.29) is 28.7 Å². The Kier molecular flexibility index (Phi) is 5.41. The first-order valence-corrected chi connectivity index (χ1v) is 8.70. The maximum atomic E-state index is 13.0. The van der Waals surface area contributed by atoms with Gasteiger partial charge in [-0.3, -0.25) is 4.79 Å². The summed E-state index contributed by atoms with van der Waals surface area (Å²) >= 11 is 0. The molecule has 0 bridgehead atoms. The zero-order chi connectivity index (χ0) is 19.6. The molecule has 7 nitrogen and oxygen atoms in total. The van der Waals surface area contributed by atoms with E-state index < -0.39 is 11.9 Å². The second-order valence-corrected chi connectivity index (χ2v) is 6.49. The minimum atomic E-state index is -1.03. The van der Waals surface area contributed by atoms with Crippen LogP contribution in [0, 0.1) is 0 Å². The van der Waals surface area contributed by atoms with Crippen molar-refractivity contribution in [1.29, 1.82) is 0 Å². The second kappa shape index (κ2) is 7.75. The molecule has 2 heterocycles. The molecule has 1 aromatic rings. The lowest BCUT2D eigenvalue weighted by molar-refractivity contribution is -0.136. The molecule has 1 atom stereocenters. The Hall–Kier alpha value is -2.93. The first kappa shape index (κ1) is 18.8. The van der Waals surface area contributed by atoms with Crippen molar-refractivity contribution in [2.24, 2.45) is 0 Å². The summed E-state index contributed by atoms with van der Waals surface area (Å²) in [6.07, 6.45) is 3.37. The number of carbonyl (C=O) groups is 3. The molecule has 2 aliphatic rings. The molecule has 142 valence electrons. The van der Waals surface area contributed by atoms with Crippen LogP contribution in [-0.2, 0) is 19.1 Å². The highest BCUT2D eigenvalue weighted by Gasteiger charge is 2.38. The molecule has 1 fully saturated rings. The molecule has 0 aromatic heterocycles. The summed E-state index contributed by atoms with van der Waals surface area (Å²) in [7, 11) is 1.27. The number of ether oxygens (including phenoxy) is 2. The molecular formula is C20H21NO6. The van der Waals surface area contributed by atoms with Gasteiger partial charge in [-0.2, -0.15) is 0 Å². The Labute approximate surface area is 156 Å². The third-order valence-corrected chi connectivity index (χ3v) is 4.78. The minimum Gasteiger partial charge on any atom is -0.478 e. The monoisotopic (exact) mass is 371 g/mol. The molecule has 7 heteroatoms. The Morgan fingerprint density at radius 1 is 1.33 bits per heavy atom. The van der Waals surface area contributed by atoms with Crippen LogP contribution in [0.5, 0.6) is 0 Å². The van der Waals surface area contributed by atoms with E-state index in [1.807, 2.05) is 0 Å². The van der Waals surface area contributed by atoms with Crippen molar-refractivity contribution in [3.63, 3.8) is 0 Å². The number of aromatic carboxylic acids is 1. The average molecular weight is 371 g/mol. The zero-order valence-electron chi connectivity index (χ0n) is 15.2. The zero-order valence-corrected chi connectivity index (χ0v) is 15.2. The van der Waals surface area contributed by atoms with Gasteiger partial charge in [-0.1, -0.05) is 12.1 Å². The van der Waals surface area contributed by atoms with Crippen molar-refractivity contribution >= 4 is 23.9 Å². The fourth-order valence-corrected chi connectivity index (χ4v) is 3.33. The SMILES string of the molecule is COC(=O)C1=C(C)N(C[C@@H]2CCCO2)C(=O)/C1=C\c1ccc(C(=O)O)cc1. The molecular weight excluding hydrogens is 350 g/mol. The number of esters is 1. The number of carboxylic acid groups (broad SMARTS) is 1. The molecule has 1 amide bonds. The van der Waals surface area contributed by atoms with E-state index in [9.17, 15) is 14.4 Å². The predicted molar refractivity (Wildman–Crippen MR) is 96.8 cm³/mol. The van der Waals surface area contributed by atoms with Crippen LogP contribution in [0.3, 0.4) is 0 Å². The molecule has 0 saturated carbocycles. The minimum absolute atomic E-state index is 0.0444. The smallest absolute Gasteiger partial charge is 0.340 e. The number of methoxy groups -OCH3 is 1. The maximum Gasteiger partial charge on any atom is 0.340 e. The summed E-state index contributed by atoms with van der Waals surface area (Å²) in [6.45, 7) is 2.78. The van der Waals surface area contributed by atoms with Gasteiger partial charge < -0.3 is 19.5 Å². The van der Waals surface area contributed by atoms with Gasteiger partial charge in [-0.15, -0.1) is 0 Å². The summed E-state index contributed by atoms with van der Waals surface area (Å²) in [4.78, 5) is 37.8. The molecule has 1 N–H and O–H groups in total. The van der Waals surface area contributed by atoms with Crippen LogP contribution in [-0.4, -0.2) is 54.2 Å². The summed E-state index contributed by atoms with van der Waals surface area (Å²) in [5.74, 6) is -1.89. The van der Waals surface area contributed by atoms with Gasteiger partial charge in [0, 0.05) is 12.3 Å². The third kappa shape index (κ3) is 3.78. The molecule has 0 aliphatic carbocycles. The van der Waals surface area contributed by atoms with Crippen LogP contribution in [0.4, 0.5) is 0 Å². The van der Waals surface area contributed by atoms with Crippen molar-refractivity contribution in [3.8, 4) is 0 Å². The Balaban J connectivity index is 1.95. The molecule has 0 radical (unpaired) electrons. The molecule has 27 heavy (non-hydrogen) atoms. The fourth-order valence-electron chi connectivity index (χ4n) is 3.33. The summed E-state index contributed by atoms with van der Waals surface area (Å²) in [5.41, 5.74) is 1.77. The topological polar surface area (TPSA) is 93.1 Å². The lowest BCUT2D eigenvalue weighted by Gasteiger charge is -2.21. The summed E-state index contributed by atoms with van der Waals surface area (Å²) < 4.78 is 10.5. The number of hydrogen-bond acceptors (Lipinski definition) is 5. The highest BCUT2D eigenvalue weighted by Crippen LogP contribution is 2.32. The van der Waals surface area contributed by atoms with Gasteiger partial charge >= 0.3 is 11.9 Å². The van der Waals surface area contributed by atoms with Gasteiger partial charge in [-0.05, 0) is 43.5 Å². The number of rotatable bonds is 5. The van der Waals surface area contributed by atoms with E-state index in [1.165, 1.54) is 19.2 Å². The van der Waals surface area contributed by atoms with Crippen molar-refractivity contribution in [1.82, 2.24) is 4.90 Å². The first-order valence-electron chi connectivity index (χ1n) is 8.70. The number of nitrogens with zero attached hydrogens (tertiary/aromatic N) is 1.